The number of fused-ring (bicyclic) bond motifs is 1. The molecule has 1 aliphatic rings. The molecular weight excluding hydrogens is 314 g/mol. The first-order valence-corrected chi connectivity index (χ1v) is 8.50. The van der Waals surface area contributed by atoms with Gasteiger partial charge in [-0.3, -0.25) is 9.78 Å². The first-order chi connectivity index (χ1) is 12.2. The summed E-state index contributed by atoms with van der Waals surface area (Å²) in [4.78, 5) is 23.6. The summed E-state index contributed by atoms with van der Waals surface area (Å²) in [6.45, 7) is 1.07. The van der Waals surface area contributed by atoms with E-state index in [0.717, 1.165) is 35.0 Å². The van der Waals surface area contributed by atoms with Crippen LogP contribution in [0.1, 0.15) is 23.2 Å². The lowest BCUT2D eigenvalue weighted by molar-refractivity contribution is 0.0475. The number of carbonyl (C=O) groups excluding carboxylic acids is 1. The van der Waals surface area contributed by atoms with Gasteiger partial charge in [0.25, 0.3) is 5.91 Å². The fourth-order valence-electron chi connectivity index (χ4n) is 3.33. The van der Waals surface area contributed by atoms with Gasteiger partial charge in [0.1, 0.15) is 0 Å². The molecule has 1 aromatic carbocycles. The lowest BCUT2D eigenvalue weighted by Gasteiger charge is -2.30. The fraction of sp³-hybridized carbons (Fsp3) is 0.250. The number of pyridine rings is 2. The van der Waals surface area contributed by atoms with E-state index in [-0.39, 0.29) is 5.91 Å². The van der Waals surface area contributed by atoms with Crippen molar-refractivity contribution in [1.29, 1.82) is 0 Å². The van der Waals surface area contributed by atoms with Crippen molar-refractivity contribution >= 4 is 16.8 Å². The number of β-amino-alcohol motifs (C(OH)–C–C–N with tert-alkyl or cyclic N) is 1. The number of piperidine rings is 1. The summed E-state index contributed by atoms with van der Waals surface area (Å²) in [6.07, 6.45) is 4.57. The summed E-state index contributed by atoms with van der Waals surface area (Å²) in [5.74, 6) is -0.0485. The van der Waals surface area contributed by atoms with Gasteiger partial charge >= 0.3 is 0 Å². The SMILES string of the molecule is O=C(c1cc(-c2ccncc2)nc2ccccc12)N1CCCC(O)C1. The summed E-state index contributed by atoms with van der Waals surface area (Å²) >= 11 is 0. The summed E-state index contributed by atoms with van der Waals surface area (Å²) in [6, 6.07) is 13.3. The minimum absolute atomic E-state index is 0.0485. The summed E-state index contributed by atoms with van der Waals surface area (Å²) in [5, 5.41) is 10.7. The molecule has 1 aliphatic heterocycles. The third kappa shape index (κ3) is 3.10. The van der Waals surface area contributed by atoms with E-state index < -0.39 is 6.10 Å². The van der Waals surface area contributed by atoms with Crippen molar-refractivity contribution in [2.75, 3.05) is 13.1 Å². The van der Waals surface area contributed by atoms with Crippen molar-refractivity contribution in [3.05, 3.63) is 60.4 Å². The number of para-hydroxylation sites is 1. The first kappa shape index (κ1) is 15.7. The van der Waals surface area contributed by atoms with Gasteiger partial charge in [0.05, 0.1) is 22.9 Å². The number of aliphatic hydroxyl groups is 1. The van der Waals surface area contributed by atoms with Gasteiger partial charge in [-0.15, -0.1) is 0 Å². The predicted octanol–water partition coefficient (Wildman–Crippen LogP) is 2.89. The molecule has 0 spiro atoms. The normalized spacial score (nSPS) is 17.6. The highest BCUT2D eigenvalue weighted by Crippen LogP contribution is 2.26. The lowest BCUT2D eigenvalue weighted by atomic mass is 10.0. The number of likely N-dealkylation sites (tertiary alicyclic amines) is 1. The maximum absolute atomic E-state index is 13.1. The molecule has 0 saturated carbocycles. The van der Waals surface area contributed by atoms with Crippen LogP contribution in [-0.4, -0.2) is 45.1 Å². The van der Waals surface area contributed by atoms with Crippen LogP contribution in [0.2, 0.25) is 0 Å². The Morgan fingerprint density at radius 2 is 1.96 bits per heavy atom. The van der Waals surface area contributed by atoms with Gasteiger partial charge in [-0.1, -0.05) is 18.2 Å². The highest BCUT2D eigenvalue weighted by atomic mass is 16.3. The number of carbonyl (C=O) groups is 1. The van der Waals surface area contributed by atoms with Crippen LogP contribution in [0.4, 0.5) is 0 Å². The second kappa shape index (κ2) is 6.61. The molecule has 2 aromatic heterocycles. The number of nitrogens with zero attached hydrogens (tertiary/aromatic N) is 3. The molecule has 3 heterocycles. The number of rotatable bonds is 2. The quantitative estimate of drug-likeness (QED) is 0.783. The van der Waals surface area contributed by atoms with Gasteiger partial charge in [0.15, 0.2) is 0 Å². The second-order valence-corrected chi connectivity index (χ2v) is 6.36. The van der Waals surface area contributed by atoms with Crippen molar-refractivity contribution in [1.82, 2.24) is 14.9 Å². The summed E-state index contributed by atoms with van der Waals surface area (Å²) in [7, 11) is 0. The minimum atomic E-state index is -0.439. The Morgan fingerprint density at radius 3 is 2.76 bits per heavy atom. The van der Waals surface area contributed by atoms with Crippen LogP contribution in [0.15, 0.2) is 54.9 Å². The summed E-state index contributed by atoms with van der Waals surface area (Å²) in [5.41, 5.74) is 3.10. The smallest absolute Gasteiger partial charge is 0.254 e. The Morgan fingerprint density at radius 1 is 1.16 bits per heavy atom. The van der Waals surface area contributed by atoms with Gasteiger partial charge in [-0.25, -0.2) is 4.98 Å². The van der Waals surface area contributed by atoms with E-state index in [9.17, 15) is 9.90 Å². The largest absolute Gasteiger partial charge is 0.391 e. The monoisotopic (exact) mass is 333 g/mol. The molecule has 1 unspecified atom stereocenters. The summed E-state index contributed by atoms with van der Waals surface area (Å²) < 4.78 is 0. The first-order valence-electron chi connectivity index (χ1n) is 8.50. The molecule has 1 atom stereocenters. The number of hydrogen-bond donors (Lipinski definition) is 1. The zero-order chi connectivity index (χ0) is 17.2. The van der Waals surface area contributed by atoms with Crippen LogP contribution in [0, 0.1) is 0 Å². The van der Waals surface area contributed by atoms with E-state index in [2.05, 4.69) is 4.98 Å². The Balaban J connectivity index is 1.82. The molecule has 4 rings (SSSR count). The Bertz CT molecular complexity index is 911. The molecule has 1 amide bonds. The number of benzene rings is 1. The van der Waals surface area contributed by atoms with Gasteiger partial charge < -0.3 is 10.0 Å². The van der Waals surface area contributed by atoms with Crippen molar-refractivity contribution in [2.45, 2.75) is 18.9 Å². The average molecular weight is 333 g/mol. The topological polar surface area (TPSA) is 66.3 Å². The molecule has 25 heavy (non-hydrogen) atoms. The molecule has 5 heteroatoms. The molecule has 1 saturated heterocycles. The third-order valence-corrected chi connectivity index (χ3v) is 4.61. The molecule has 0 bridgehead atoms. The Labute approximate surface area is 146 Å². The predicted molar refractivity (Wildman–Crippen MR) is 96.1 cm³/mol. The molecule has 3 aromatic rings. The van der Waals surface area contributed by atoms with Crippen LogP contribution >= 0.6 is 0 Å². The van der Waals surface area contributed by atoms with Crippen LogP contribution in [0.5, 0.6) is 0 Å². The van der Waals surface area contributed by atoms with Crippen LogP contribution < -0.4 is 0 Å². The van der Waals surface area contributed by atoms with Crippen LogP contribution in [0.25, 0.3) is 22.2 Å². The molecule has 126 valence electrons. The number of aliphatic hydroxyl groups excluding tert-OH is 1. The number of hydrogen-bond acceptors (Lipinski definition) is 4. The minimum Gasteiger partial charge on any atom is -0.391 e. The van der Waals surface area contributed by atoms with Gasteiger partial charge in [-0.2, -0.15) is 0 Å². The standard InChI is InChI=1S/C20H19N3O2/c24-15-4-3-11-23(13-15)20(25)17-12-19(14-7-9-21-10-8-14)22-18-6-2-1-5-16(17)18/h1-2,5-10,12,15,24H,3-4,11,13H2. The zero-order valence-electron chi connectivity index (χ0n) is 13.8. The van der Waals surface area contributed by atoms with Gasteiger partial charge in [-0.05, 0) is 37.1 Å². The molecule has 1 fully saturated rings. The molecule has 1 N–H and O–H groups in total. The average Bonchev–Trinajstić information content (AvgIpc) is 2.67. The molecule has 5 nitrogen and oxygen atoms in total. The maximum atomic E-state index is 13.1. The van der Waals surface area contributed by atoms with Crippen molar-refractivity contribution in [2.24, 2.45) is 0 Å². The van der Waals surface area contributed by atoms with Crippen molar-refractivity contribution in [3.63, 3.8) is 0 Å². The molecule has 0 aliphatic carbocycles. The van der Waals surface area contributed by atoms with E-state index in [4.69, 9.17) is 4.98 Å². The van der Waals surface area contributed by atoms with E-state index >= 15 is 0 Å². The second-order valence-electron chi connectivity index (χ2n) is 6.36. The van der Waals surface area contributed by atoms with Crippen LogP contribution in [-0.2, 0) is 0 Å². The molecule has 0 radical (unpaired) electrons. The molecular formula is C20H19N3O2. The fourth-order valence-corrected chi connectivity index (χ4v) is 3.33. The highest BCUT2D eigenvalue weighted by Gasteiger charge is 2.25. The van der Waals surface area contributed by atoms with E-state index in [1.54, 1.807) is 17.3 Å². The lowest BCUT2D eigenvalue weighted by Crippen LogP contribution is -2.42. The maximum Gasteiger partial charge on any atom is 0.254 e. The van der Waals surface area contributed by atoms with Crippen molar-refractivity contribution < 1.29 is 9.90 Å². The van der Waals surface area contributed by atoms with E-state index in [1.807, 2.05) is 42.5 Å². The highest BCUT2D eigenvalue weighted by molar-refractivity contribution is 6.07. The van der Waals surface area contributed by atoms with Gasteiger partial charge in [0, 0.05) is 36.4 Å². The van der Waals surface area contributed by atoms with E-state index in [0.29, 0.717) is 18.7 Å². The Hall–Kier alpha value is -2.79. The Kier molecular flexibility index (Phi) is 4.15. The van der Waals surface area contributed by atoms with Gasteiger partial charge in [0.2, 0.25) is 0 Å². The van der Waals surface area contributed by atoms with Crippen molar-refractivity contribution in [3.8, 4) is 11.3 Å². The third-order valence-electron chi connectivity index (χ3n) is 4.61. The van der Waals surface area contributed by atoms with Crippen LogP contribution in [0.3, 0.4) is 0 Å². The number of amides is 1. The number of aromatic nitrogens is 2. The zero-order valence-corrected chi connectivity index (χ0v) is 13.8. The van der Waals surface area contributed by atoms with E-state index in [1.165, 1.54) is 0 Å².